The minimum atomic E-state index is -4.35. The van der Waals surface area contributed by atoms with Crippen molar-refractivity contribution in [1.82, 2.24) is 20.7 Å². The van der Waals surface area contributed by atoms with E-state index in [1.165, 1.54) is 12.3 Å². The minimum absolute atomic E-state index is 0.406. The molecule has 0 aliphatic heterocycles. The predicted octanol–water partition coefficient (Wildman–Crippen LogP) is 2.91. The van der Waals surface area contributed by atoms with Crippen LogP contribution >= 0.6 is 0 Å². The van der Waals surface area contributed by atoms with Crippen molar-refractivity contribution in [2.75, 3.05) is 6.54 Å². The number of aromatic nitrogens is 3. The van der Waals surface area contributed by atoms with Crippen molar-refractivity contribution in [2.24, 2.45) is 0 Å². The Morgan fingerprint density at radius 3 is 2.75 bits per heavy atom. The average molecular weight is 284 g/mol. The van der Waals surface area contributed by atoms with E-state index in [0.717, 1.165) is 18.6 Å². The molecule has 2 aromatic rings. The van der Waals surface area contributed by atoms with Gasteiger partial charge >= 0.3 is 6.18 Å². The molecule has 0 amide bonds. The standard InChI is InChI=1S/C13H15F3N4/c1-2-6-17-12(11-8-18-20-19-11)9-4-3-5-10(7-9)13(14,15)16/h3-5,7-8,12,17H,2,6H2,1H3,(H,18,19,20). The van der Waals surface area contributed by atoms with Crippen molar-refractivity contribution in [3.8, 4) is 0 Å². The molecule has 0 bridgehead atoms. The number of alkyl halides is 3. The largest absolute Gasteiger partial charge is 0.416 e. The van der Waals surface area contributed by atoms with Crippen molar-refractivity contribution in [3.05, 3.63) is 47.3 Å². The van der Waals surface area contributed by atoms with Gasteiger partial charge in [0, 0.05) is 0 Å². The van der Waals surface area contributed by atoms with E-state index in [0.29, 0.717) is 17.8 Å². The molecule has 0 spiro atoms. The average Bonchev–Trinajstić information content (AvgIpc) is 2.92. The van der Waals surface area contributed by atoms with Crippen LogP contribution in [-0.2, 0) is 6.18 Å². The number of nitrogens with zero attached hydrogens (tertiary/aromatic N) is 2. The fourth-order valence-corrected chi connectivity index (χ4v) is 1.93. The fraction of sp³-hybridized carbons (Fsp3) is 0.385. The third kappa shape index (κ3) is 3.36. The van der Waals surface area contributed by atoms with Gasteiger partial charge in [-0.05, 0) is 30.7 Å². The predicted molar refractivity (Wildman–Crippen MR) is 68.0 cm³/mol. The maximum Gasteiger partial charge on any atom is 0.416 e. The summed E-state index contributed by atoms with van der Waals surface area (Å²) in [5, 5.41) is 13.3. The van der Waals surface area contributed by atoms with Gasteiger partial charge in [-0.1, -0.05) is 19.1 Å². The van der Waals surface area contributed by atoms with Crippen LogP contribution in [0.5, 0.6) is 0 Å². The number of hydrogen-bond donors (Lipinski definition) is 2. The summed E-state index contributed by atoms with van der Waals surface area (Å²) in [6, 6.07) is 4.84. The Balaban J connectivity index is 2.34. The Morgan fingerprint density at radius 2 is 2.15 bits per heavy atom. The molecule has 1 aromatic heterocycles. The van der Waals surface area contributed by atoms with Gasteiger partial charge in [-0.25, -0.2) is 0 Å². The summed E-state index contributed by atoms with van der Waals surface area (Å²) in [4.78, 5) is 0. The Hall–Kier alpha value is -1.89. The van der Waals surface area contributed by atoms with Crippen molar-refractivity contribution in [1.29, 1.82) is 0 Å². The van der Waals surface area contributed by atoms with Gasteiger partial charge in [-0.15, -0.1) is 0 Å². The molecule has 1 aromatic carbocycles. The third-order valence-corrected chi connectivity index (χ3v) is 2.88. The molecule has 7 heteroatoms. The topological polar surface area (TPSA) is 53.6 Å². The van der Waals surface area contributed by atoms with E-state index in [4.69, 9.17) is 0 Å². The first kappa shape index (κ1) is 14.5. The molecule has 1 heterocycles. The summed E-state index contributed by atoms with van der Waals surface area (Å²) in [5.41, 5.74) is 0.418. The lowest BCUT2D eigenvalue weighted by Crippen LogP contribution is -2.24. The van der Waals surface area contributed by atoms with E-state index in [1.807, 2.05) is 6.92 Å². The summed E-state index contributed by atoms with van der Waals surface area (Å²) >= 11 is 0. The molecular weight excluding hydrogens is 269 g/mol. The fourth-order valence-electron chi connectivity index (χ4n) is 1.93. The van der Waals surface area contributed by atoms with Crippen LogP contribution in [0.2, 0.25) is 0 Å². The molecule has 108 valence electrons. The molecule has 0 aliphatic carbocycles. The zero-order valence-electron chi connectivity index (χ0n) is 10.9. The van der Waals surface area contributed by atoms with Crippen molar-refractivity contribution in [2.45, 2.75) is 25.6 Å². The SMILES string of the molecule is CCCNC(c1cccc(C(F)(F)F)c1)c1cn[nH]n1. The quantitative estimate of drug-likeness (QED) is 0.887. The normalized spacial score (nSPS) is 13.4. The smallest absolute Gasteiger partial charge is 0.305 e. The van der Waals surface area contributed by atoms with E-state index in [2.05, 4.69) is 20.7 Å². The number of benzene rings is 1. The lowest BCUT2D eigenvalue weighted by molar-refractivity contribution is -0.137. The Labute approximate surface area is 114 Å². The Bertz CT molecular complexity index is 537. The molecule has 1 unspecified atom stereocenters. The summed E-state index contributed by atoms with van der Waals surface area (Å²) in [6.45, 7) is 2.66. The lowest BCUT2D eigenvalue weighted by atomic mass is 10.0. The van der Waals surface area contributed by atoms with Crippen molar-refractivity contribution >= 4 is 0 Å². The van der Waals surface area contributed by atoms with Gasteiger partial charge in [0.2, 0.25) is 0 Å². The number of halogens is 3. The van der Waals surface area contributed by atoms with E-state index in [1.54, 1.807) is 6.07 Å². The van der Waals surface area contributed by atoms with Crippen molar-refractivity contribution < 1.29 is 13.2 Å². The highest BCUT2D eigenvalue weighted by Gasteiger charge is 2.31. The maximum absolute atomic E-state index is 12.8. The molecule has 2 N–H and O–H groups in total. The molecule has 0 fully saturated rings. The van der Waals surface area contributed by atoms with Gasteiger partial charge in [0.15, 0.2) is 0 Å². The van der Waals surface area contributed by atoms with Crippen LogP contribution < -0.4 is 5.32 Å². The monoisotopic (exact) mass is 284 g/mol. The first-order valence-electron chi connectivity index (χ1n) is 6.28. The second-order valence-corrected chi connectivity index (χ2v) is 4.41. The Morgan fingerprint density at radius 1 is 1.35 bits per heavy atom. The van der Waals surface area contributed by atoms with Gasteiger partial charge in [-0.2, -0.15) is 28.6 Å². The molecule has 2 rings (SSSR count). The summed E-state index contributed by atoms with van der Waals surface area (Å²) in [6.07, 6.45) is -1.98. The zero-order valence-corrected chi connectivity index (χ0v) is 10.9. The highest BCUT2D eigenvalue weighted by molar-refractivity contribution is 5.32. The summed E-state index contributed by atoms with van der Waals surface area (Å²) in [5.74, 6) is 0. The van der Waals surface area contributed by atoms with E-state index in [-0.39, 0.29) is 0 Å². The molecule has 0 saturated carbocycles. The first-order valence-corrected chi connectivity index (χ1v) is 6.28. The second kappa shape index (κ2) is 6.04. The number of rotatable bonds is 5. The molecule has 0 saturated heterocycles. The van der Waals surface area contributed by atoms with Crippen LogP contribution in [0, 0.1) is 0 Å². The number of H-pyrrole nitrogens is 1. The maximum atomic E-state index is 12.8. The highest BCUT2D eigenvalue weighted by atomic mass is 19.4. The first-order chi connectivity index (χ1) is 9.52. The highest BCUT2D eigenvalue weighted by Crippen LogP contribution is 2.31. The third-order valence-electron chi connectivity index (χ3n) is 2.88. The van der Waals surface area contributed by atoms with Gasteiger partial charge in [0.25, 0.3) is 0 Å². The van der Waals surface area contributed by atoms with Crippen molar-refractivity contribution in [3.63, 3.8) is 0 Å². The van der Waals surface area contributed by atoms with Gasteiger partial charge in [-0.3, -0.25) is 0 Å². The van der Waals surface area contributed by atoms with E-state index in [9.17, 15) is 13.2 Å². The molecule has 0 radical (unpaired) electrons. The summed E-state index contributed by atoms with van der Waals surface area (Å²) in [7, 11) is 0. The summed E-state index contributed by atoms with van der Waals surface area (Å²) < 4.78 is 38.3. The van der Waals surface area contributed by atoms with E-state index >= 15 is 0 Å². The van der Waals surface area contributed by atoms with E-state index < -0.39 is 17.8 Å². The molecule has 20 heavy (non-hydrogen) atoms. The minimum Gasteiger partial charge on any atom is -0.305 e. The molecule has 4 nitrogen and oxygen atoms in total. The number of aromatic amines is 1. The van der Waals surface area contributed by atoms with Crippen LogP contribution in [0.15, 0.2) is 30.5 Å². The van der Waals surface area contributed by atoms with Crippen LogP contribution in [0.1, 0.15) is 36.2 Å². The molecule has 1 atom stereocenters. The second-order valence-electron chi connectivity index (χ2n) is 4.41. The van der Waals surface area contributed by atoms with Gasteiger partial charge in [0.1, 0.15) is 5.69 Å². The van der Waals surface area contributed by atoms with Crippen LogP contribution in [-0.4, -0.2) is 22.0 Å². The van der Waals surface area contributed by atoms with Gasteiger partial charge in [0.05, 0.1) is 17.8 Å². The van der Waals surface area contributed by atoms with Crippen LogP contribution in [0.4, 0.5) is 13.2 Å². The molecular formula is C13H15F3N4. The van der Waals surface area contributed by atoms with Crippen LogP contribution in [0.25, 0.3) is 0 Å². The zero-order chi connectivity index (χ0) is 14.6. The van der Waals surface area contributed by atoms with Crippen LogP contribution in [0.3, 0.4) is 0 Å². The lowest BCUT2D eigenvalue weighted by Gasteiger charge is -2.18. The number of nitrogens with one attached hydrogen (secondary N) is 2. The molecule has 0 aliphatic rings. The Kier molecular flexibility index (Phi) is 4.39. The number of hydrogen-bond acceptors (Lipinski definition) is 3. The van der Waals surface area contributed by atoms with Gasteiger partial charge < -0.3 is 5.32 Å².